The number of benzene rings is 1. The zero-order valence-corrected chi connectivity index (χ0v) is 10.8. The number of rotatable bonds is 0. The highest BCUT2D eigenvalue weighted by Gasteiger charge is 2.26. The van der Waals surface area contributed by atoms with Crippen LogP contribution in [0.15, 0.2) is 18.2 Å². The molecule has 2 aliphatic rings. The topological polar surface area (TPSA) is 24.1 Å². The van der Waals surface area contributed by atoms with Gasteiger partial charge in [0.25, 0.3) is 0 Å². The first kappa shape index (κ1) is 11.2. The Morgan fingerprint density at radius 3 is 2.88 bits per heavy atom. The Bertz CT molecular complexity index is 405. The number of fused-ring (bicyclic) bond motifs is 2. The van der Waals surface area contributed by atoms with Crippen LogP contribution in [-0.4, -0.2) is 12.6 Å². The Labute approximate surface area is 108 Å². The van der Waals surface area contributed by atoms with Crippen LogP contribution in [0.4, 0.5) is 11.4 Å². The van der Waals surface area contributed by atoms with Crippen molar-refractivity contribution in [2.75, 3.05) is 17.2 Å². The van der Waals surface area contributed by atoms with E-state index in [9.17, 15) is 0 Å². The predicted molar refractivity (Wildman–Crippen MR) is 73.9 cm³/mol. The minimum absolute atomic E-state index is 0.615. The minimum atomic E-state index is 0.615. The monoisotopic (exact) mass is 250 g/mol. The molecule has 3 heteroatoms. The van der Waals surface area contributed by atoms with Gasteiger partial charge in [-0.15, -0.1) is 0 Å². The lowest BCUT2D eigenvalue weighted by atomic mass is 9.95. The third kappa shape index (κ3) is 2.37. The van der Waals surface area contributed by atoms with Crippen molar-refractivity contribution < 1.29 is 0 Å². The number of nitrogens with one attached hydrogen (secondary N) is 2. The highest BCUT2D eigenvalue weighted by Crippen LogP contribution is 2.34. The molecule has 0 amide bonds. The lowest BCUT2D eigenvalue weighted by Gasteiger charge is -2.23. The van der Waals surface area contributed by atoms with E-state index in [2.05, 4.69) is 16.7 Å². The van der Waals surface area contributed by atoms with E-state index in [1.54, 1.807) is 0 Å². The van der Waals surface area contributed by atoms with Gasteiger partial charge < -0.3 is 10.6 Å². The SMILES string of the molecule is Clc1ccc2c(c1)NC1CCCCCC1CN2. The van der Waals surface area contributed by atoms with E-state index in [0.29, 0.717) is 6.04 Å². The number of anilines is 2. The molecule has 2 N–H and O–H groups in total. The molecule has 1 aliphatic carbocycles. The molecule has 0 bridgehead atoms. The molecule has 1 aromatic rings. The summed E-state index contributed by atoms with van der Waals surface area (Å²) in [6.07, 6.45) is 6.74. The highest BCUT2D eigenvalue weighted by molar-refractivity contribution is 6.31. The second-order valence-electron chi connectivity index (χ2n) is 5.22. The first-order valence-corrected chi connectivity index (χ1v) is 7.01. The molecule has 17 heavy (non-hydrogen) atoms. The molecule has 2 atom stereocenters. The molecular formula is C14H19ClN2. The van der Waals surface area contributed by atoms with E-state index in [1.165, 1.54) is 43.5 Å². The van der Waals surface area contributed by atoms with Gasteiger partial charge in [-0.05, 0) is 37.0 Å². The van der Waals surface area contributed by atoms with Gasteiger partial charge >= 0.3 is 0 Å². The van der Waals surface area contributed by atoms with Crippen molar-refractivity contribution in [2.45, 2.75) is 38.1 Å². The third-order valence-corrected chi connectivity index (χ3v) is 4.27. The summed E-state index contributed by atoms with van der Waals surface area (Å²) < 4.78 is 0. The van der Waals surface area contributed by atoms with Gasteiger partial charge in [-0.25, -0.2) is 0 Å². The van der Waals surface area contributed by atoms with Crippen LogP contribution in [0, 0.1) is 5.92 Å². The van der Waals surface area contributed by atoms with Crippen LogP contribution < -0.4 is 10.6 Å². The lowest BCUT2D eigenvalue weighted by molar-refractivity contribution is 0.444. The van der Waals surface area contributed by atoms with Crippen molar-refractivity contribution in [3.63, 3.8) is 0 Å². The van der Waals surface area contributed by atoms with Crippen LogP contribution in [0.2, 0.25) is 5.02 Å². The van der Waals surface area contributed by atoms with E-state index < -0.39 is 0 Å². The fourth-order valence-corrected chi connectivity index (χ4v) is 3.22. The van der Waals surface area contributed by atoms with Gasteiger partial charge in [0.2, 0.25) is 0 Å². The van der Waals surface area contributed by atoms with Gasteiger partial charge in [-0.3, -0.25) is 0 Å². The molecule has 1 fully saturated rings. The average Bonchev–Trinajstić information content (AvgIpc) is 2.61. The van der Waals surface area contributed by atoms with E-state index in [0.717, 1.165) is 17.5 Å². The van der Waals surface area contributed by atoms with E-state index in [4.69, 9.17) is 11.6 Å². The van der Waals surface area contributed by atoms with Crippen LogP contribution in [0.1, 0.15) is 32.1 Å². The summed E-state index contributed by atoms with van der Waals surface area (Å²) in [5.41, 5.74) is 2.37. The molecule has 1 aromatic carbocycles. The summed E-state index contributed by atoms with van der Waals surface area (Å²) in [5, 5.41) is 8.06. The summed E-state index contributed by atoms with van der Waals surface area (Å²) in [6.45, 7) is 1.09. The molecular weight excluding hydrogens is 232 g/mol. The summed E-state index contributed by atoms with van der Waals surface area (Å²) in [4.78, 5) is 0. The van der Waals surface area contributed by atoms with Crippen molar-refractivity contribution in [3.05, 3.63) is 23.2 Å². The fraction of sp³-hybridized carbons (Fsp3) is 0.571. The summed E-state index contributed by atoms with van der Waals surface area (Å²) >= 11 is 6.07. The molecule has 1 aliphatic heterocycles. The molecule has 2 unspecified atom stereocenters. The van der Waals surface area contributed by atoms with Gasteiger partial charge in [0, 0.05) is 17.6 Å². The van der Waals surface area contributed by atoms with Crippen LogP contribution >= 0.6 is 11.6 Å². The largest absolute Gasteiger partial charge is 0.383 e. The Morgan fingerprint density at radius 1 is 1.06 bits per heavy atom. The zero-order chi connectivity index (χ0) is 11.7. The quantitative estimate of drug-likeness (QED) is 0.724. The second-order valence-corrected chi connectivity index (χ2v) is 5.66. The van der Waals surface area contributed by atoms with Crippen molar-refractivity contribution >= 4 is 23.0 Å². The molecule has 0 radical (unpaired) electrons. The van der Waals surface area contributed by atoms with Gasteiger partial charge in [0.05, 0.1) is 11.4 Å². The maximum absolute atomic E-state index is 6.07. The lowest BCUT2D eigenvalue weighted by Crippen LogP contribution is -2.30. The third-order valence-electron chi connectivity index (χ3n) is 4.04. The predicted octanol–water partition coefficient (Wildman–Crippen LogP) is 4.13. The smallest absolute Gasteiger partial charge is 0.0593 e. The van der Waals surface area contributed by atoms with Crippen LogP contribution in [0.25, 0.3) is 0 Å². The molecule has 0 aromatic heterocycles. The van der Waals surface area contributed by atoms with Crippen molar-refractivity contribution in [2.24, 2.45) is 5.92 Å². The number of halogens is 1. The zero-order valence-electron chi connectivity index (χ0n) is 10.0. The van der Waals surface area contributed by atoms with Gasteiger partial charge in [-0.1, -0.05) is 30.9 Å². The van der Waals surface area contributed by atoms with Crippen LogP contribution in [-0.2, 0) is 0 Å². The van der Waals surface area contributed by atoms with Crippen LogP contribution in [0.3, 0.4) is 0 Å². The maximum atomic E-state index is 6.07. The Balaban J connectivity index is 1.87. The van der Waals surface area contributed by atoms with Gasteiger partial charge in [0.1, 0.15) is 0 Å². The van der Waals surface area contributed by atoms with Crippen molar-refractivity contribution in [1.29, 1.82) is 0 Å². The Kier molecular flexibility index (Phi) is 3.15. The Morgan fingerprint density at radius 2 is 1.94 bits per heavy atom. The number of hydrogen-bond acceptors (Lipinski definition) is 2. The van der Waals surface area contributed by atoms with E-state index >= 15 is 0 Å². The fourth-order valence-electron chi connectivity index (χ4n) is 3.05. The van der Waals surface area contributed by atoms with E-state index in [1.807, 2.05) is 12.1 Å². The standard InChI is InChI=1S/C14H19ClN2/c15-11-6-7-13-14(8-11)17-12-5-3-1-2-4-10(12)9-16-13/h6-8,10,12,16-17H,1-5,9H2. The Hall–Kier alpha value is -0.890. The van der Waals surface area contributed by atoms with E-state index in [-0.39, 0.29) is 0 Å². The molecule has 0 spiro atoms. The van der Waals surface area contributed by atoms with Crippen LogP contribution in [0.5, 0.6) is 0 Å². The molecule has 0 saturated heterocycles. The molecule has 3 rings (SSSR count). The van der Waals surface area contributed by atoms with Crippen molar-refractivity contribution in [1.82, 2.24) is 0 Å². The second kappa shape index (κ2) is 4.77. The molecule has 1 saturated carbocycles. The first-order valence-electron chi connectivity index (χ1n) is 6.63. The van der Waals surface area contributed by atoms with Gasteiger partial charge in [-0.2, -0.15) is 0 Å². The molecule has 92 valence electrons. The summed E-state index contributed by atoms with van der Waals surface area (Å²) in [7, 11) is 0. The number of hydrogen-bond donors (Lipinski definition) is 2. The normalized spacial score (nSPS) is 27.8. The first-order chi connectivity index (χ1) is 8.33. The average molecular weight is 251 g/mol. The van der Waals surface area contributed by atoms with Crippen molar-refractivity contribution in [3.8, 4) is 0 Å². The summed E-state index contributed by atoms with van der Waals surface area (Å²) in [5.74, 6) is 0.753. The highest BCUT2D eigenvalue weighted by atomic mass is 35.5. The summed E-state index contributed by atoms with van der Waals surface area (Å²) in [6, 6.07) is 6.69. The molecule has 2 nitrogen and oxygen atoms in total. The maximum Gasteiger partial charge on any atom is 0.0593 e. The minimum Gasteiger partial charge on any atom is -0.383 e. The molecule has 1 heterocycles. The van der Waals surface area contributed by atoms with Gasteiger partial charge in [0.15, 0.2) is 0 Å².